The van der Waals surface area contributed by atoms with Crippen LogP contribution in [0.25, 0.3) is 0 Å². The van der Waals surface area contributed by atoms with Crippen molar-refractivity contribution in [3.05, 3.63) is 64.9 Å². The molecule has 0 bridgehead atoms. The van der Waals surface area contributed by atoms with Gasteiger partial charge in [-0.25, -0.2) is 4.79 Å². The minimum Gasteiger partial charge on any atom is -0.352 e. The van der Waals surface area contributed by atoms with Gasteiger partial charge in [0, 0.05) is 24.0 Å². The van der Waals surface area contributed by atoms with E-state index in [0.717, 1.165) is 10.5 Å². The lowest BCUT2D eigenvalue weighted by atomic mass is 10.1. The fraction of sp³-hybridized carbons (Fsp3) is 0.222. The first-order valence-corrected chi connectivity index (χ1v) is 8.43. The maximum Gasteiger partial charge on any atom is 0.325 e. The van der Waals surface area contributed by atoms with Gasteiger partial charge in [0.15, 0.2) is 0 Å². The number of nitrogens with zero attached hydrogens (tertiary/aromatic N) is 2. The first-order valence-electron chi connectivity index (χ1n) is 8.05. The molecule has 2 N–H and O–H groups in total. The maximum absolute atomic E-state index is 12.5. The number of imide groups is 1. The van der Waals surface area contributed by atoms with Gasteiger partial charge in [0.1, 0.15) is 6.04 Å². The second-order valence-corrected chi connectivity index (χ2v) is 6.26. The predicted molar refractivity (Wildman–Crippen MR) is 95.0 cm³/mol. The first-order chi connectivity index (χ1) is 12.5. The van der Waals surface area contributed by atoms with Crippen LogP contribution in [0.5, 0.6) is 0 Å². The van der Waals surface area contributed by atoms with E-state index < -0.39 is 18.0 Å². The third kappa shape index (κ3) is 4.18. The molecule has 1 saturated heterocycles. The molecule has 0 aliphatic carbocycles. The minimum absolute atomic E-state index is 0.0689. The van der Waals surface area contributed by atoms with Crippen molar-refractivity contribution in [2.24, 2.45) is 0 Å². The topological polar surface area (TPSA) is 91.4 Å². The SMILES string of the molecule is O=C(C[C@H]1NC(=O)N(Cc2ccccc2Cl)C1=O)NCc1ccncc1. The van der Waals surface area contributed by atoms with E-state index in [0.29, 0.717) is 17.1 Å². The molecule has 134 valence electrons. The molecule has 2 aromatic rings. The molecule has 1 aliphatic rings. The lowest BCUT2D eigenvalue weighted by Gasteiger charge is -2.14. The fourth-order valence-corrected chi connectivity index (χ4v) is 2.82. The number of urea groups is 1. The van der Waals surface area contributed by atoms with Crippen LogP contribution in [0.4, 0.5) is 4.79 Å². The predicted octanol–water partition coefficient (Wildman–Crippen LogP) is 1.86. The molecule has 8 heteroatoms. The molecule has 0 radical (unpaired) electrons. The highest BCUT2D eigenvalue weighted by atomic mass is 35.5. The lowest BCUT2D eigenvalue weighted by Crippen LogP contribution is -2.36. The van der Waals surface area contributed by atoms with Crippen LogP contribution in [0.1, 0.15) is 17.5 Å². The van der Waals surface area contributed by atoms with Gasteiger partial charge in [0.2, 0.25) is 5.91 Å². The van der Waals surface area contributed by atoms with E-state index in [1.165, 1.54) is 0 Å². The Bertz CT molecular complexity index is 828. The summed E-state index contributed by atoms with van der Waals surface area (Å²) in [6.45, 7) is 0.402. The summed E-state index contributed by atoms with van der Waals surface area (Å²) in [4.78, 5) is 41.6. The third-order valence-electron chi connectivity index (χ3n) is 4.02. The number of aromatic nitrogens is 1. The first kappa shape index (κ1) is 17.9. The highest BCUT2D eigenvalue weighted by Gasteiger charge is 2.39. The number of pyridine rings is 1. The number of hydrogen-bond acceptors (Lipinski definition) is 4. The number of rotatable bonds is 6. The Hall–Kier alpha value is -2.93. The van der Waals surface area contributed by atoms with Gasteiger partial charge in [-0.15, -0.1) is 0 Å². The van der Waals surface area contributed by atoms with Gasteiger partial charge in [-0.05, 0) is 29.3 Å². The summed E-state index contributed by atoms with van der Waals surface area (Å²) < 4.78 is 0. The lowest BCUT2D eigenvalue weighted by molar-refractivity contribution is -0.131. The molecule has 1 aromatic heterocycles. The molecule has 3 rings (SSSR count). The molecular weight excluding hydrogens is 356 g/mol. The van der Waals surface area contributed by atoms with Crippen LogP contribution in [0.3, 0.4) is 0 Å². The number of hydrogen-bond donors (Lipinski definition) is 2. The van der Waals surface area contributed by atoms with E-state index >= 15 is 0 Å². The van der Waals surface area contributed by atoms with E-state index in [9.17, 15) is 14.4 Å². The summed E-state index contributed by atoms with van der Waals surface area (Å²) in [5.41, 5.74) is 1.57. The number of amides is 4. The van der Waals surface area contributed by atoms with Gasteiger partial charge in [0.05, 0.1) is 13.0 Å². The van der Waals surface area contributed by atoms with Crippen LogP contribution < -0.4 is 10.6 Å². The Morgan fingerprint density at radius 2 is 1.92 bits per heavy atom. The summed E-state index contributed by atoms with van der Waals surface area (Å²) in [5.74, 6) is -0.756. The molecule has 1 fully saturated rings. The van der Waals surface area contributed by atoms with Gasteiger partial charge in [-0.1, -0.05) is 29.8 Å². The summed E-state index contributed by atoms with van der Waals surface area (Å²) in [6, 6.07) is 9.17. The summed E-state index contributed by atoms with van der Waals surface area (Å²) in [5, 5.41) is 5.75. The summed E-state index contributed by atoms with van der Waals surface area (Å²) in [6.07, 6.45) is 3.15. The molecule has 0 unspecified atom stereocenters. The zero-order chi connectivity index (χ0) is 18.5. The molecule has 7 nitrogen and oxygen atoms in total. The normalized spacial score (nSPS) is 16.5. The van der Waals surface area contributed by atoms with Crippen LogP contribution >= 0.6 is 11.6 Å². The molecule has 4 amide bonds. The molecule has 0 spiro atoms. The number of nitrogens with one attached hydrogen (secondary N) is 2. The minimum atomic E-state index is -0.873. The van der Waals surface area contributed by atoms with E-state index in [-0.39, 0.29) is 18.9 Å². The van der Waals surface area contributed by atoms with Crippen molar-refractivity contribution in [1.82, 2.24) is 20.5 Å². The summed E-state index contributed by atoms with van der Waals surface area (Å²) in [7, 11) is 0. The smallest absolute Gasteiger partial charge is 0.325 e. The van der Waals surface area contributed by atoms with Crippen molar-refractivity contribution >= 4 is 29.4 Å². The zero-order valence-electron chi connectivity index (χ0n) is 13.8. The van der Waals surface area contributed by atoms with Gasteiger partial charge in [-0.3, -0.25) is 19.5 Å². The average molecular weight is 373 g/mol. The van der Waals surface area contributed by atoms with Gasteiger partial charge in [-0.2, -0.15) is 0 Å². The number of carbonyl (C=O) groups excluding carboxylic acids is 3. The van der Waals surface area contributed by atoms with Crippen molar-refractivity contribution in [3.8, 4) is 0 Å². The highest BCUT2D eigenvalue weighted by Crippen LogP contribution is 2.20. The monoisotopic (exact) mass is 372 g/mol. The van der Waals surface area contributed by atoms with Crippen molar-refractivity contribution in [2.75, 3.05) is 0 Å². The third-order valence-corrected chi connectivity index (χ3v) is 4.39. The highest BCUT2D eigenvalue weighted by molar-refractivity contribution is 6.31. The Morgan fingerprint density at radius 1 is 1.19 bits per heavy atom. The van der Waals surface area contributed by atoms with E-state index in [1.54, 1.807) is 48.8 Å². The van der Waals surface area contributed by atoms with Crippen LogP contribution in [0.15, 0.2) is 48.8 Å². The standard InChI is InChI=1S/C18H17ClN4O3/c19-14-4-2-1-3-13(14)11-23-17(25)15(22-18(23)26)9-16(24)21-10-12-5-7-20-8-6-12/h1-8,15H,9-11H2,(H,21,24)(H,22,26)/t15-/m1/s1. The fourth-order valence-electron chi connectivity index (χ4n) is 2.62. The van der Waals surface area contributed by atoms with Gasteiger partial charge >= 0.3 is 6.03 Å². The molecule has 2 heterocycles. The van der Waals surface area contributed by atoms with Gasteiger partial charge < -0.3 is 10.6 Å². The van der Waals surface area contributed by atoms with Crippen molar-refractivity contribution in [2.45, 2.75) is 25.6 Å². The van der Waals surface area contributed by atoms with Crippen molar-refractivity contribution < 1.29 is 14.4 Å². The molecule has 0 saturated carbocycles. The quantitative estimate of drug-likeness (QED) is 0.757. The molecular formula is C18H17ClN4O3. The Morgan fingerprint density at radius 3 is 2.65 bits per heavy atom. The summed E-state index contributed by atoms with van der Waals surface area (Å²) >= 11 is 6.08. The van der Waals surface area contributed by atoms with Crippen LogP contribution in [0.2, 0.25) is 5.02 Å². The van der Waals surface area contributed by atoms with E-state index in [1.807, 2.05) is 0 Å². The molecule has 1 atom stereocenters. The largest absolute Gasteiger partial charge is 0.352 e. The van der Waals surface area contributed by atoms with Crippen LogP contribution in [-0.2, 0) is 22.7 Å². The van der Waals surface area contributed by atoms with E-state index in [2.05, 4.69) is 15.6 Å². The maximum atomic E-state index is 12.5. The van der Waals surface area contributed by atoms with Crippen LogP contribution in [0, 0.1) is 0 Å². The second kappa shape index (κ2) is 7.97. The zero-order valence-corrected chi connectivity index (χ0v) is 14.6. The number of benzene rings is 1. The molecule has 26 heavy (non-hydrogen) atoms. The Balaban J connectivity index is 1.56. The van der Waals surface area contributed by atoms with E-state index in [4.69, 9.17) is 11.6 Å². The molecule has 1 aromatic carbocycles. The van der Waals surface area contributed by atoms with Crippen molar-refractivity contribution in [1.29, 1.82) is 0 Å². The molecule has 1 aliphatic heterocycles. The van der Waals surface area contributed by atoms with Gasteiger partial charge in [0.25, 0.3) is 5.91 Å². The number of halogens is 1. The average Bonchev–Trinajstić information content (AvgIpc) is 2.90. The Kier molecular flexibility index (Phi) is 5.48. The second-order valence-electron chi connectivity index (χ2n) is 5.85. The number of carbonyl (C=O) groups is 3. The Labute approximate surface area is 155 Å². The van der Waals surface area contributed by atoms with Crippen molar-refractivity contribution in [3.63, 3.8) is 0 Å². The van der Waals surface area contributed by atoms with Crippen LogP contribution in [-0.4, -0.2) is 33.8 Å².